The zero-order chi connectivity index (χ0) is 16.9. The first-order valence-electron chi connectivity index (χ1n) is 7.62. The van der Waals surface area contributed by atoms with Gasteiger partial charge in [0, 0.05) is 18.1 Å². The van der Waals surface area contributed by atoms with E-state index >= 15 is 0 Å². The molecule has 0 aliphatic carbocycles. The van der Waals surface area contributed by atoms with Crippen LogP contribution in [-0.2, 0) is 17.8 Å². The number of rotatable bonds is 4. The van der Waals surface area contributed by atoms with E-state index in [9.17, 15) is 9.18 Å². The van der Waals surface area contributed by atoms with Gasteiger partial charge in [-0.2, -0.15) is 4.99 Å². The minimum Gasteiger partial charge on any atom is -0.319 e. The van der Waals surface area contributed by atoms with Crippen LogP contribution in [0, 0.1) is 12.7 Å². The van der Waals surface area contributed by atoms with Gasteiger partial charge in [-0.1, -0.05) is 48.0 Å². The molecule has 1 amide bonds. The van der Waals surface area contributed by atoms with Crippen LogP contribution < -0.4 is 4.80 Å². The molecule has 24 heavy (non-hydrogen) atoms. The van der Waals surface area contributed by atoms with Gasteiger partial charge in [-0.3, -0.25) is 4.79 Å². The van der Waals surface area contributed by atoms with Crippen LogP contribution in [0.1, 0.15) is 16.7 Å². The van der Waals surface area contributed by atoms with Gasteiger partial charge in [-0.25, -0.2) is 4.39 Å². The van der Waals surface area contributed by atoms with E-state index in [0.717, 1.165) is 5.56 Å². The van der Waals surface area contributed by atoms with Gasteiger partial charge in [0.25, 0.3) is 5.91 Å². The molecule has 0 radical (unpaired) electrons. The third kappa shape index (κ3) is 4.06. The second-order valence-electron chi connectivity index (χ2n) is 5.57. The monoisotopic (exact) mass is 340 g/mol. The summed E-state index contributed by atoms with van der Waals surface area (Å²) in [6.07, 6.45) is 1.87. The highest BCUT2D eigenvalue weighted by molar-refractivity contribution is 7.07. The smallest absolute Gasteiger partial charge is 0.252 e. The van der Waals surface area contributed by atoms with Crippen LogP contribution in [-0.4, -0.2) is 10.5 Å². The molecule has 5 heteroatoms. The maximum atomic E-state index is 13.6. The van der Waals surface area contributed by atoms with Gasteiger partial charge in [-0.15, -0.1) is 11.3 Å². The van der Waals surface area contributed by atoms with Gasteiger partial charge in [-0.05, 0) is 24.1 Å². The third-order valence-corrected chi connectivity index (χ3v) is 4.45. The SMILES string of the molecule is Cc1ccc(Cn2ccsc2=NC(=O)Cc2ccccc2F)cc1. The summed E-state index contributed by atoms with van der Waals surface area (Å²) in [6.45, 7) is 2.69. The summed E-state index contributed by atoms with van der Waals surface area (Å²) in [6, 6.07) is 14.5. The van der Waals surface area contributed by atoms with E-state index < -0.39 is 0 Å². The number of halogens is 1. The summed E-state index contributed by atoms with van der Waals surface area (Å²) in [5, 5.41) is 1.89. The number of benzene rings is 2. The van der Waals surface area contributed by atoms with Crippen molar-refractivity contribution < 1.29 is 9.18 Å². The molecule has 3 nitrogen and oxygen atoms in total. The molecule has 0 N–H and O–H groups in total. The highest BCUT2D eigenvalue weighted by atomic mass is 32.1. The third-order valence-electron chi connectivity index (χ3n) is 3.65. The molecule has 2 aromatic carbocycles. The lowest BCUT2D eigenvalue weighted by atomic mass is 10.1. The van der Waals surface area contributed by atoms with Crippen LogP contribution in [0.4, 0.5) is 4.39 Å². The van der Waals surface area contributed by atoms with Crippen molar-refractivity contribution in [2.45, 2.75) is 19.9 Å². The minimum atomic E-state index is -0.375. The quantitative estimate of drug-likeness (QED) is 0.713. The Bertz CT molecular complexity index is 909. The van der Waals surface area contributed by atoms with Crippen LogP contribution in [0.15, 0.2) is 65.1 Å². The van der Waals surface area contributed by atoms with E-state index in [1.165, 1.54) is 23.0 Å². The first-order chi connectivity index (χ1) is 11.6. The first-order valence-corrected chi connectivity index (χ1v) is 8.50. The Labute approximate surface area is 143 Å². The number of aromatic nitrogens is 1. The maximum Gasteiger partial charge on any atom is 0.252 e. The maximum absolute atomic E-state index is 13.6. The average molecular weight is 340 g/mol. The second kappa shape index (κ2) is 7.36. The van der Waals surface area contributed by atoms with Gasteiger partial charge in [0.05, 0.1) is 6.42 Å². The summed E-state index contributed by atoms with van der Waals surface area (Å²) >= 11 is 1.40. The molecule has 0 fully saturated rings. The number of hydrogen-bond acceptors (Lipinski definition) is 2. The zero-order valence-electron chi connectivity index (χ0n) is 13.3. The molecule has 1 aromatic heterocycles. The van der Waals surface area contributed by atoms with Crippen molar-refractivity contribution in [1.82, 2.24) is 4.57 Å². The fourth-order valence-electron chi connectivity index (χ4n) is 2.35. The number of carbonyl (C=O) groups is 1. The molecule has 0 bridgehead atoms. The van der Waals surface area contributed by atoms with Gasteiger partial charge in [0.2, 0.25) is 0 Å². The summed E-state index contributed by atoms with van der Waals surface area (Å²) < 4.78 is 15.6. The summed E-state index contributed by atoms with van der Waals surface area (Å²) in [5.74, 6) is -0.722. The lowest BCUT2D eigenvalue weighted by Crippen LogP contribution is -2.17. The number of aryl methyl sites for hydroxylation is 1. The molecule has 0 unspecified atom stereocenters. The standard InChI is InChI=1S/C19H17FN2OS/c1-14-6-8-15(9-7-14)13-22-10-11-24-19(22)21-18(23)12-16-4-2-3-5-17(16)20/h2-11H,12-13H2,1H3. The number of thiazole rings is 1. The lowest BCUT2D eigenvalue weighted by molar-refractivity contribution is -0.117. The molecule has 1 heterocycles. The van der Waals surface area contributed by atoms with E-state index in [0.29, 0.717) is 16.9 Å². The summed E-state index contributed by atoms with van der Waals surface area (Å²) in [4.78, 5) is 16.9. The molecule has 0 aliphatic rings. The van der Waals surface area contributed by atoms with E-state index in [1.54, 1.807) is 18.2 Å². The van der Waals surface area contributed by atoms with Crippen LogP contribution in [0.3, 0.4) is 0 Å². The van der Waals surface area contributed by atoms with Crippen molar-refractivity contribution in [3.05, 3.63) is 87.4 Å². The Morgan fingerprint density at radius 3 is 2.67 bits per heavy atom. The molecule has 0 spiro atoms. The minimum absolute atomic E-state index is 0.0326. The predicted octanol–water partition coefficient (Wildman–Crippen LogP) is 3.72. The first kappa shape index (κ1) is 16.3. The second-order valence-corrected chi connectivity index (χ2v) is 6.45. The molecule has 0 aliphatic heterocycles. The van der Waals surface area contributed by atoms with Crippen molar-refractivity contribution in [2.24, 2.45) is 4.99 Å². The molecule has 3 rings (SSSR count). The van der Waals surface area contributed by atoms with E-state index in [2.05, 4.69) is 29.3 Å². The van der Waals surface area contributed by atoms with E-state index in [-0.39, 0.29) is 18.1 Å². The molecule has 0 saturated heterocycles. The van der Waals surface area contributed by atoms with Crippen LogP contribution >= 0.6 is 11.3 Å². The highest BCUT2D eigenvalue weighted by Gasteiger charge is 2.07. The normalized spacial score (nSPS) is 11.7. The molecule has 0 atom stereocenters. The molecule has 122 valence electrons. The molecule has 0 saturated carbocycles. The molecule has 3 aromatic rings. The molecular weight excluding hydrogens is 323 g/mol. The van der Waals surface area contributed by atoms with Gasteiger partial charge in [0.1, 0.15) is 5.82 Å². The summed E-state index contributed by atoms with van der Waals surface area (Å²) in [7, 11) is 0. The average Bonchev–Trinajstić information content (AvgIpc) is 2.98. The van der Waals surface area contributed by atoms with Crippen molar-refractivity contribution in [2.75, 3.05) is 0 Å². The Hall–Kier alpha value is -2.53. The van der Waals surface area contributed by atoms with Gasteiger partial charge in [0.15, 0.2) is 4.80 Å². The van der Waals surface area contributed by atoms with Crippen LogP contribution in [0.5, 0.6) is 0 Å². The van der Waals surface area contributed by atoms with Gasteiger partial charge >= 0.3 is 0 Å². The predicted molar refractivity (Wildman–Crippen MR) is 93.3 cm³/mol. The number of nitrogens with zero attached hydrogens (tertiary/aromatic N) is 2. The van der Waals surface area contributed by atoms with Crippen molar-refractivity contribution in [3.8, 4) is 0 Å². The van der Waals surface area contributed by atoms with Crippen LogP contribution in [0.2, 0.25) is 0 Å². The van der Waals surface area contributed by atoms with E-state index in [4.69, 9.17) is 0 Å². The number of hydrogen-bond donors (Lipinski definition) is 0. The Morgan fingerprint density at radius 2 is 1.92 bits per heavy atom. The highest BCUT2D eigenvalue weighted by Crippen LogP contribution is 2.08. The zero-order valence-corrected chi connectivity index (χ0v) is 14.1. The van der Waals surface area contributed by atoms with Crippen molar-refractivity contribution in [3.63, 3.8) is 0 Å². The number of carbonyl (C=O) groups excluding carboxylic acids is 1. The lowest BCUT2D eigenvalue weighted by Gasteiger charge is -2.04. The number of amides is 1. The largest absolute Gasteiger partial charge is 0.319 e. The Kier molecular flexibility index (Phi) is 5.01. The van der Waals surface area contributed by atoms with Crippen LogP contribution in [0.25, 0.3) is 0 Å². The fourth-order valence-corrected chi connectivity index (χ4v) is 3.09. The van der Waals surface area contributed by atoms with E-state index in [1.807, 2.05) is 23.1 Å². The topological polar surface area (TPSA) is 34.4 Å². The fraction of sp³-hybridized carbons (Fsp3) is 0.158. The Balaban J connectivity index is 1.78. The molecular formula is C19H17FN2OS. The Morgan fingerprint density at radius 1 is 1.17 bits per heavy atom. The van der Waals surface area contributed by atoms with Crippen molar-refractivity contribution in [1.29, 1.82) is 0 Å². The van der Waals surface area contributed by atoms with Gasteiger partial charge < -0.3 is 4.57 Å². The van der Waals surface area contributed by atoms with Crippen molar-refractivity contribution >= 4 is 17.2 Å². The summed E-state index contributed by atoms with van der Waals surface area (Å²) in [5.41, 5.74) is 2.72.